The van der Waals surface area contributed by atoms with E-state index in [0.29, 0.717) is 0 Å². The summed E-state index contributed by atoms with van der Waals surface area (Å²) in [6.45, 7) is 2.35. The van der Waals surface area contributed by atoms with Gasteiger partial charge in [0.1, 0.15) is 11.9 Å². The molecule has 1 aromatic carbocycles. The number of aryl methyl sites for hydroxylation is 1. The summed E-state index contributed by atoms with van der Waals surface area (Å²) in [5.41, 5.74) is 1.29. The maximum Gasteiger partial charge on any atom is 0.237 e. The second-order valence-electron chi connectivity index (χ2n) is 6.07. The summed E-state index contributed by atoms with van der Waals surface area (Å²) in [7, 11) is 1.99. The van der Waals surface area contributed by atoms with Gasteiger partial charge in [-0.3, -0.25) is 4.79 Å². The third kappa shape index (κ3) is 3.06. The van der Waals surface area contributed by atoms with Crippen LogP contribution in [-0.4, -0.2) is 45.2 Å². The molecule has 1 fully saturated rings. The van der Waals surface area contributed by atoms with Crippen LogP contribution in [0.15, 0.2) is 41.6 Å². The third-order valence-corrected chi connectivity index (χ3v) is 5.91. The van der Waals surface area contributed by atoms with Gasteiger partial charge in [0.25, 0.3) is 0 Å². The van der Waals surface area contributed by atoms with Crippen molar-refractivity contribution >= 4 is 30.1 Å². The molecule has 0 radical (unpaired) electrons. The van der Waals surface area contributed by atoms with Crippen molar-refractivity contribution in [3.05, 3.63) is 48.0 Å². The van der Waals surface area contributed by atoms with Crippen molar-refractivity contribution < 1.29 is 4.79 Å². The molecule has 5 nitrogen and oxygen atoms in total. The highest BCUT2D eigenvalue weighted by atomic mass is 35.5. The summed E-state index contributed by atoms with van der Waals surface area (Å²) in [5.74, 6) is 1.19. The Balaban J connectivity index is 0.00000169. The molecule has 1 amide bonds. The van der Waals surface area contributed by atoms with Crippen molar-refractivity contribution in [3.63, 3.8) is 0 Å². The number of fused-ring (bicyclic) bond motifs is 1. The lowest BCUT2D eigenvalue weighted by molar-refractivity contribution is -0.134. The molecule has 24 heavy (non-hydrogen) atoms. The molecule has 0 aliphatic carbocycles. The summed E-state index contributed by atoms with van der Waals surface area (Å²) < 4.78 is 2.01. The standard InChI is InChI=1S/C17H20N4OS.ClH/c1-20-8-7-19-16(20)13-11-18-6-9-21(13)17(22)15-10-12-4-2-3-5-14(12)23-15;/h2-5,7-8,13,15,18H,6,9-11H2,1H3;1H. The van der Waals surface area contributed by atoms with Crippen LogP contribution in [0, 0.1) is 0 Å². The summed E-state index contributed by atoms with van der Waals surface area (Å²) in [5, 5.41) is 3.38. The molecule has 3 heterocycles. The second-order valence-corrected chi connectivity index (χ2v) is 7.31. The van der Waals surface area contributed by atoms with Gasteiger partial charge in [-0.25, -0.2) is 4.98 Å². The quantitative estimate of drug-likeness (QED) is 0.885. The zero-order valence-corrected chi connectivity index (χ0v) is 15.1. The van der Waals surface area contributed by atoms with E-state index in [2.05, 4.69) is 22.4 Å². The van der Waals surface area contributed by atoms with Gasteiger partial charge in [0.05, 0.1) is 5.25 Å². The fourth-order valence-electron chi connectivity index (χ4n) is 3.40. The second kappa shape index (κ2) is 7.17. The highest BCUT2D eigenvalue weighted by Crippen LogP contribution is 2.38. The first-order valence-corrected chi connectivity index (χ1v) is 8.85. The summed E-state index contributed by atoms with van der Waals surface area (Å²) in [6, 6.07) is 8.35. The normalized spacial score (nSPS) is 22.8. The highest BCUT2D eigenvalue weighted by Gasteiger charge is 2.37. The molecule has 2 aliphatic heterocycles. The molecule has 2 aliphatic rings. The summed E-state index contributed by atoms with van der Waals surface area (Å²) in [6.07, 6.45) is 4.57. The Morgan fingerprint density at radius 2 is 2.21 bits per heavy atom. The number of benzene rings is 1. The molecule has 4 rings (SSSR count). The van der Waals surface area contributed by atoms with Crippen LogP contribution in [0.3, 0.4) is 0 Å². The number of hydrogen-bond donors (Lipinski definition) is 1. The molecular formula is C17H21ClN4OS. The first-order valence-electron chi connectivity index (χ1n) is 7.97. The van der Waals surface area contributed by atoms with Crippen LogP contribution >= 0.6 is 24.2 Å². The van der Waals surface area contributed by atoms with Crippen molar-refractivity contribution in [2.24, 2.45) is 7.05 Å². The Hall–Kier alpha value is -1.50. The lowest BCUT2D eigenvalue weighted by Crippen LogP contribution is -2.51. The van der Waals surface area contributed by atoms with Gasteiger partial charge in [0, 0.05) is 44.0 Å². The van der Waals surface area contributed by atoms with Crippen LogP contribution in [0.25, 0.3) is 0 Å². The molecule has 1 saturated heterocycles. The van der Waals surface area contributed by atoms with Crippen molar-refractivity contribution in [2.75, 3.05) is 19.6 Å². The molecule has 2 unspecified atom stereocenters. The van der Waals surface area contributed by atoms with Crippen LogP contribution in [0.5, 0.6) is 0 Å². The minimum atomic E-state index is -0.00623. The van der Waals surface area contributed by atoms with Gasteiger partial charge >= 0.3 is 0 Å². The smallest absolute Gasteiger partial charge is 0.237 e. The van der Waals surface area contributed by atoms with Crippen LogP contribution < -0.4 is 5.32 Å². The lowest BCUT2D eigenvalue weighted by atomic mass is 10.1. The fraction of sp³-hybridized carbons (Fsp3) is 0.412. The Kier molecular flexibility index (Phi) is 5.18. The van der Waals surface area contributed by atoms with E-state index in [0.717, 1.165) is 31.9 Å². The minimum Gasteiger partial charge on any atom is -0.336 e. The van der Waals surface area contributed by atoms with Crippen molar-refractivity contribution in [3.8, 4) is 0 Å². The lowest BCUT2D eigenvalue weighted by Gasteiger charge is -2.37. The highest BCUT2D eigenvalue weighted by molar-refractivity contribution is 8.01. The van der Waals surface area contributed by atoms with E-state index in [-0.39, 0.29) is 29.6 Å². The number of carbonyl (C=O) groups excluding carboxylic acids is 1. The van der Waals surface area contributed by atoms with Gasteiger partial charge in [-0.15, -0.1) is 24.2 Å². The van der Waals surface area contributed by atoms with Crippen molar-refractivity contribution in [1.82, 2.24) is 19.8 Å². The predicted molar refractivity (Wildman–Crippen MR) is 97.6 cm³/mol. The summed E-state index contributed by atoms with van der Waals surface area (Å²) >= 11 is 1.70. The molecule has 2 aromatic rings. The Labute approximate surface area is 152 Å². The van der Waals surface area contributed by atoms with Crippen LogP contribution in [0.1, 0.15) is 17.4 Å². The van der Waals surface area contributed by atoms with Gasteiger partial charge in [-0.2, -0.15) is 0 Å². The minimum absolute atomic E-state index is 0. The summed E-state index contributed by atoms with van der Waals surface area (Å²) in [4.78, 5) is 20.8. The SMILES string of the molecule is Cl.Cn1ccnc1C1CNCCN1C(=O)C1Cc2ccccc2S1. The first-order chi connectivity index (χ1) is 11.2. The van der Waals surface area contributed by atoms with Crippen molar-refractivity contribution in [1.29, 1.82) is 0 Å². The van der Waals surface area contributed by atoms with E-state index in [1.807, 2.05) is 34.8 Å². The number of nitrogens with one attached hydrogen (secondary N) is 1. The topological polar surface area (TPSA) is 50.2 Å². The molecule has 1 N–H and O–H groups in total. The number of imidazole rings is 1. The third-order valence-electron chi connectivity index (χ3n) is 4.61. The molecule has 1 aromatic heterocycles. The number of nitrogens with zero attached hydrogens (tertiary/aromatic N) is 3. The molecule has 128 valence electrons. The molecule has 2 atom stereocenters. The largest absolute Gasteiger partial charge is 0.336 e. The number of carbonyl (C=O) groups is 1. The average molecular weight is 365 g/mol. The van der Waals surface area contributed by atoms with Gasteiger partial charge in [-0.05, 0) is 18.1 Å². The number of aromatic nitrogens is 2. The van der Waals surface area contributed by atoms with E-state index in [1.165, 1.54) is 10.5 Å². The number of halogens is 1. The Morgan fingerprint density at radius 1 is 1.38 bits per heavy atom. The Bertz CT molecular complexity index is 710. The number of amides is 1. The maximum absolute atomic E-state index is 13.1. The molecular weight excluding hydrogens is 344 g/mol. The van der Waals surface area contributed by atoms with Crippen molar-refractivity contribution in [2.45, 2.75) is 22.6 Å². The number of piperazine rings is 1. The predicted octanol–water partition coefficient (Wildman–Crippen LogP) is 2.03. The van der Waals surface area contributed by atoms with E-state index in [1.54, 1.807) is 18.0 Å². The average Bonchev–Trinajstić information content (AvgIpc) is 3.20. The molecule has 0 spiro atoms. The monoisotopic (exact) mass is 364 g/mol. The number of thioether (sulfide) groups is 1. The number of rotatable bonds is 2. The van der Waals surface area contributed by atoms with Crippen LogP contribution in [0.4, 0.5) is 0 Å². The van der Waals surface area contributed by atoms with Gasteiger partial charge in [-0.1, -0.05) is 18.2 Å². The zero-order valence-electron chi connectivity index (χ0n) is 13.5. The fourth-order valence-corrected chi connectivity index (χ4v) is 4.67. The van der Waals surface area contributed by atoms with E-state index in [9.17, 15) is 4.79 Å². The van der Waals surface area contributed by atoms with E-state index < -0.39 is 0 Å². The van der Waals surface area contributed by atoms with E-state index in [4.69, 9.17) is 0 Å². The van der Waals surface area contributed by atoms with Gasteiger partial charge < -0.3 is 14.8 Å². The molecule has 7 heteroatoms. The Morgan fingerprint density at radius 3 is 2.96 bits per heavy atom. The van der Waals surface area contributed by atoms with Crippen LogP contribution in [-0.2, 0) is 18.3 Å². The van der Waals surface area contributed by atoms with Crippen LogP contribution in [0.2, 0.25) is 0 Å². The van der Waals surface area contributed by atoms with Gasteiger partial charge in [0.15, 0.2) is 0 Å². The van der Waals surface area contributed by atoms with E-state index >= 15 is 0 Å². The maximum atomic E-state index is 13.1. The zero-order chi connectivity index (χ0) is 15.8. The molecule has 0 saturated carbocycles. The number of hydrogen-bond acceptors (Lipinski definition) is 4. The molecule has 0 bridgehead atoms. The first kappa shape index (κ1) is 17.3. The van der Waals surface area contributed by atoms with Gasteiger partial charge in [0.2, 0.25) is 5.91 Å².